The number of hydrogen-bond donors (Lipinski definition) is 2. The first-order valence-corrected chi connectivity index (χ1v) is 17.9. The highest BCUT2D eigenvalue weighted by Gasteiger charge is 2.45. The van der Waals surface area contributed by atoms with Gasteiger partial charge in [0.2, 0.25) is 17.8 Å². The fraction of sp³-hybridized carbons (Fsp3) is 0.412. The molecule has 4 aliphatic rings. The molecule has 4 amide bonds. The van der Waals surface area contributed by atoms with E-state index in [1.807, 2.05) is 33.5 Å². The molecule has 0 aliphatic carbocycles. The van der Waals surface area contributed by atoms with Crippen LogP contribution in [0, 0.1) is 5.82 Å². The van der Waals surface area contributed by atoms with Crippen molar-refractivity contribution >= 4 is 46.3 Å². The molecule has 13 nitrogen and oxygen atoms in total. The Kier molecular flexibility index (Phi) is 9.79. The zero-order chi connectivity index (χ0) is 36.7. The Balaban J connectivity index is 0.918. The van der Waals surface area contributed by atoms with E-state index in [1.54, 1.807) is 0 Å². The van der Waals surface area contributed by atoms with Gasteiger partial charge in [-0.25, -0.2) is 22.9 Å². The zero-order valence-electron chi connectivity index (χ0n) is 27.7. The smallest absolute Gasteiger partial charge is 0.367 e. The van der Waals surface area contributed by atoms with E-state index in [4.69, 9.17) is 0 Å². The lowest BCUT2D eigenvalue weighted by molar-refractivity contribution is -0.138. The van der Waals surface area contributed by atoms with E-state index in [1.165, 1.54) is 6.07 Å². The molecule has 0 radical (unpaired) electrons. The van der Waals surface area contributed by atoms with Gasteiger partial charge in [-0.15, -0.1) is 0 Å². The number of alkyl halides is 3. The van der Waals surface area contributed by atoms with Crippen LogP contribution in [0.2, 0.25) is 0 Å². The molecule has 3 aromatic rings. The van der Waals surface area contributed by atoms with Gasteiger partial charge in [0, 0.05) is 70.7 Å². The van der Waals surface area contributed by atoms with Crippen LogP contribution in [-0.2, 0) is 33.3 Å². The van der Waals surface area contributed by atoms with Gasteiger partial charge in [0.25, 0.3) is 11.8 Å². The highest BCUT2D eigenvalue weighted by molar-refractivity contribution is 7.82. The summed E-state index contributed by atoms with van der Waals surface area (Å²) in [4.78, 5) is 63.3. The van der Waals surface area contributed by atoms with Gasteiger partial charge in [-0.1, -0.05) is 12.1 Å². The molecule has 1 aromatic heterocycles. The van der Waals surface area contributed by atoms with Gasteiger partial charge >= 0.3 is 6.18 Å². The highest BCUT2D eigenvalue weighted by atomic mass is 32.2. The minimum Gasteiger partial charge on any atom is -0.367 e. The third-order valence-electron chi connectivity index (χ3n) is 9.73. The number of rotatable bonds is 8. The number of nitrogens with zero attached hydrogens (tertiary/aromatic N) is 6. The van der Waals surface area contributed by atoms with Crippen molar-refractivity contribution in [3.8, 4) is 0 Å². The summed E-state index contributed by atoms with van der Waals surface area (Å²) >= 11 is 0. The summed E-state index contributed by atoms with van der Waals surface area (Å²) in [6.45, 7) is 3.61. The Hall–Kier alpha value is -4.81. The molecular formula is C34H34F4N8O5S. The molecule has 2 unspecified atom stereocenters. The summed E-state index contributed by atoms with van der Waals surface area (Å²) < 4.78 is 69.1. The predicted octanol–water partition coefficient (Wildman–Crippen LogP) is 2.96. The minimum atomic E-state index is -4.51. The molecule has 3 saturated heterocycles. The molecule has 0 saturated carbocycles. The normalized spacial score (nSPS) is 21.3. The fourth-order valence-corrected chi connectivity index (χ4v) is 8.21. The number of carbonyl (C=O) groups excluding carboxylic acids is 4. The molecule has 2 atom stereocenters. The fourth-order valence-electron chi connectivity index (χ4n) is 6.93. The molecule has 2 N–H and O–H groups in total. The molecule has 52 heavy (non-hydrogen) atoms. The van der Waals surface area contributed by atoms with Crippen molar-refractivity contribution in [3.63, 3.8) is 0 Å². The largest absolute Gasteiger partial charge is 0.419 e. The van der Waals surface area contributed by atoms with Crippen LogP contribution in [0.15, 0.2) is 53.7 Å². The van der Waals surface area contributed by atoms with Gasteiger partial charge in [0.15, 0.2) is 0 Å². The molecular weight excluding hydrogens is 708 g/mol. The molecule has 18 heteroatoms. The number of amides is 4. The quantitative estimate of drug-likeness (QED) is 0.261. The summed E-state index contributed by atoms with van der Waals surface area (Å²) in [6.07, 6.45) is -1.81. The SMILES string of the molecule is O=C1CCC(N2C(=O)c3cc(F)c(N4CCN(Cc5cccc(S(=O)N6CCC(Nc7ncc(C(F)(F)F)cn7)CC6)c5)CC4)cc3C2=O)C(=O)N1. The van der Waals surface area contributed by atoms with Crippen LogP contribution < -0.4 is 15.5 Å². The van der Waals surface area contributed by atoms with E-state index in [-0.39, 0.29) is 41.6 Å². The molecule has 3 fully saturated rings. The molecule has 0 bridgehead atoms. The minimum absolute atomic E-state index is 0.00989. The number of anilines is 2. The topological polar surface area (TPSA) is 148 Å². The Bertz CT molecular complexity index is 1930. The number of imide groups is 2. The number of fused-ring (bicyclic) bond motifs is 1. The average molecular weight is 743 g/mol. The molecule has 4 aliphatic heterocycles. The second-order valence-corrected chi connectivity index (χ2v) is 14.6. The van der Waals surface area contributed by atoms with E-state index in [9.17, 15) is 36.6 Å². The Labute approximate surface area is 297 Å². The van der Waals surface area contributed by atoms with Crippen LogP contribution in [0.3, 0.4) is 0 Å². The van der Waals surface area contributed by atoms with Crippen LogP contribution in [0.5, 0.6) is 0 Å². The van der Waals surface area contributed by atoms with Crippen LogP contribution in [-0.4, -0.2) is 103 Å². The molecule has 274 valence electrons. The summed E-state index contributed by atoms with van der Waals surface area (Å²) in [5, 5.41) is 5.21. The summed E-state index contributed by atoms with van der Waals surface area (Å²) in [5.74, 6) is -3.20. The maximum absolute atomic E-state index is 15.4. The van der Waals surface area contributed by atoms with Crippen molar-refractivity contribution in [2.75, 3.05) is 49.5 Å². The van der Waals surface area contributed by atoms with Crippen molar-refractivity contribution in [3.05, 3.63) is 76.9 Å². The van der Waals surface area contributed by atoms with Gasteiger partial charge in [-0.2, -0.15) is 13.2 Å². The molecule has 0 spiro atoms. The van der Waals surface area contributed by atoms with Gasteiger partial charge < -0.3 is 10.2 Å². The van der Waals surface area contributed by atoms with Crippen molar-refractivity contribution < 1.29 is 40.9 Å². The number of benzene rings is 2. The first-order valence-electron chi connectivity index (χ1n) is 16.8. The van der Waals surface area contributed by atoms with Crippen molar-refractivity contribution in [2.45, 2.75) is 55.4 Å². The number of carbonyl (C=O) groups is 4. The Morgan fingerprint density at radius 3 is 2.21 bits per heavy atom. The number of aromatic nitrogens is 2. The zero-order valence-corrected chi connectivity index (χ0v) is 28.5. The lowest BCUT2D eigenvalue weighted by Gasteiger charge is -2.36. The Morgan fingerprint density at radius 2 is 1.56 bits per heavy atom. The van der Waals surface area contributed by atoms with E-state index >= 15 is 4.39 Å². The second kappa shape index (κ2) is 14.3. The highest BCUT2D eigenvalue weighted by Crippen LogP contribution is 2.33. The Morgan fingerprint density at radius 1 is 0.885 bits per heavy atom. The van der Waals surface area contributed by atoms with Gasteiger partial charge in [0.05, 0.1) is 27.3 Å². The van der Waals surface area contributed by atoms with E-state index in [0.29, 0.717) is 63.6 Å². The van der Waals surface area contributed by atoms with E-state index in [2.05, 4.69) is 25.5 Å². The number of piperidine rings is 2. The third-order valence-corrected chi connectivity index (χ3v) is 11.2. The van der Waals surface area contributed by atoms with Crippen LogP contribution in [0.4, 0.5) is 29.2 Å². The van der Waals surface area contributed by atoms with Gasteiger partial charge in [-0.3, -0.25) is 34.3 Å². The number of hydrogen-bond acceptors (Lipinski definition) is 10. The number of piperazine rings is 1. The lowest BCUT2D eigenvalue weighted by atomic mass is 10.0. The van der Waals surface area contributed by atoms with Gasteiger partial charge in [0.1, 0.15) is 22.8 Å². The van der Waals surface area contributed by atoms with Crippen molar-refractivity contribution in [2.24, 2.45) is 0 Å². The molecule has 7 rings (SSSR count). The lowest BCUT2D eigenvalue weighted by Crippen LogP contribution is -2.54. The molecule has 5 heterocycles. The second-order valence-electron chi connectivity index (χ2n) is 13.1. The first-order chi connectivity index (χ1) is 24.9. The summed E-state index contributed by atoms with van der Waals surface area (Å²) in [6, 6.07) is 8.71. The van der Waals surface area contributed by atoms with Crippen molar-refractivity contribution in [1.29, 1.82) is 0 Å². The van der Waals surface area contributed by atoms with Crippen molar-refractivity contribution in [1.82, 2.24) is 29.4 Å². The number of nitrogens with one attached hydrogen (secondary N) is 2. The standard InChI is InChI=1S/C34H34F4N8O5S/c35-26-15-24-25(32(50)46(31(24)49)27-4-5-29(47)42-30(27)48)16-28(26)44-12-10-43(11-13-44)19-20-2-1-3-23(14-20)52(51)45-8-6-22(7-9-45)41-33-39-17-21(18-40-33)34(36,37)38/h1-3,14-18,22,27H,4-13,19H2,(H,39,40,41)(H,42,47,48). The van der Waals surface area contributed by atoms with Gasteiger partial charge in [-0.05, 0) is 49.1 Å². The monoisotopic (exact) mass is 742 g/mol. The average Bonchev–Trinajstić information content (AvgIpc) is 3.36. The van der Waals surface area contributed by atoms with Crippen LogP contribution in [0.1, 0.15) is 57.5 Å². The van der Waals surface area contributed by atoms with Crippen LogP contribution in [0.25, 0.3) is 0 Å². The van der Waals surface area contributed by atoms with E-state index < -0.39 is 58.2 Å². The summed E-state index contributed by atoms with van der Waals surface area (Å²) in [7, 11) is -1.42. The van der Waals surface area contributed by atoms with E-state index in [0.717, 1.165) is 28.9 Å². The predicted molar refractivity (Wildman–Crippen MR) is 179 cm³/mol. The first kappa shape index (κ1) is 35.6. The van der Waals surface area contributed by atoms with Crippen LogP contribution >= 0.6 is 0 Å². The third kappa shape index (κ3) is 7.27. The number of halogens is 4. The summed E-state index contributed by atoms with van der Waals surface area (Å²) in [5.41, 5.74) is 0.136. The molecule has 2 aromatic carbocycles. The maximum atomic E-state index is 15.4. The maximum Gasteiger partial charge on any atom is 0.419 e.